The lowest BCUT2D eigenvalue weighted by Crippen LogP contribution is -2.46. The Morgan fingerprint density at radius 2 is 2.19 bits per heavy atom. The van der Waals surface area contributed by atoms with Crippen LogP contribution in [0.3, 0.4) is 0 Å². The Hall–Kier alpha value is -1.13. The predicted molar refractivity (Wildman–Crippen MR) is 63.4 cm³/mol. The number of carbonyl (C=O) groups excluding carboxylic acids is 1. The second-order valence-electron chi connectivity index (χ2n) is 5.28. The second-order valence-corrected chi connectivity index (χ2v) is 5.28. The Bertz CT molecular complexity index is 335. The van der Waals surface area contributed by atoms with Crippen LogP contribution in [0.25, 0.3) is 0 Å². The largest absolute Gasteiger partial charge is 0.321 e. The van der Waals surface area contributed by atoms with Crippen LogP contribution in [-0.2, 0) is 9.63 Å². The lowest BCUT2D eigenvalue weighted by atomic mass is 9.85. The van der Waals surface area contributed by atoms with Gasteiger partial charge in [0.15, 0.2) is 0 Å². The third-order valence-electron chi connectivity index (χ3n) is 2.25. The van der Waals surface area contributed by atoms with Gasteiger partial charge in [0.2, 0.25) is 0 Å². The second kappa shape index (κ2) is 4.39. The highest BCUT2D eigenvalue weighted by Crippen LogP contribution is 2.22. The summed E-state index contributed by atoms with van der Waals surface area (Å²) in [4.78, 5) is 17.1. The van der Waals surface area contributed by atoms with Gasteiger partial charge in [0, 0.05) is 11.1 Å². The fourth-order valence-electron chi connectivity index (χ4n) is 1.37. The lowest BCUT2D eigenvalue weighted by molar-refractivity contribution is -0.142. The number of carbonyl (C=O) groups is 1. The molecule has 90 valence electrons. The highest BCUT2D eigenvalue weighted by molar-refractivity contribution is 5.95. The molecule has 0 spiro atoms. The Kier molecular flexibility index (Phi) is 3.55. The van der Waals surface area contributed by atoms with Crippen molar-refractivity contribution in [2.75, 3.05) is 0 Å². The SMILES string of the molecule is CC(C)(C)ONC(=O)C1=CC=CCC1(C)N. The van der Waals surface area contributed by atoms with Crippen molar-refractivity contribution in [1.29, 1.82) is 0 Å². The zero-order chi connectivity index (χ0) is 12.4. The number of allylic oxidation sites excluding steroid dienone is 2. The maximum atomic E-state index is 11.8. The van der Waals surface area contributed by atoms with Crippen molar-refractivity contribution in [2.45, 2.75) is 45.3 Å². The first kappa shape index (κ1) is 12.9. The van der Waals surface area contributed by atoms with Crippen molar-refractivity contribution < 1.29 is 9.63 Å². The molecule has 16 heavy (non-hydrogen) atoms. The number of nitrogens with one attached hydrogen (secondary N) is 1. The van der Waals surface area contributed by atoms with Gasteiger partial charge in [-0.15, -0.1) is 0 Å². The van der Waals surface area contributed by atoms with Gasteiger partial charge in [-0.05, 0) is 34.1 Å². The Balaban J connectivity index is 2.67. The molecular formula is C12H20N2O2. The molecule has 0 saturated carbocycles. The normalized spacial score (nSPS) is 25.2. The Labute approximate surface area is 96.5 Å². The van der Waals surface area contributed by atoms with E-state index >= 15 is 0 Å². The summed E-state index contributed by atoms with van der Waals surface area (Å²) in [5.41, 5.74) is 7.96. The smallest absolute Gasteiger partial charge is 0.272 e. The van der Waals surface area contributed by atoms with Crippen LogP contribution in [-0.4, -0.2) is 17.0 Å². The van der Waals surface area contributed by atoms with Gasteiger partial charge in [-0.25, -0.2) is 5.48 Å². The standard InChI is InChI=1S/C12H20N2O2/c1-11(2,3)16-14-10(15)9-7-5-6-8-12(9,4)13/h5-7H,8,13H2,1-4H3,(H,14,15). The molecule has 0 fully saturated rings. The summed E-state index contributed by atoms with van der Waals surface area (Å²) in [7, 11) is 0. The minimum absolute atomic E-state index is 0.274. The quantitative estimate of drug-likeness (QED) is 0.697. The molecule has 1 rings (SSSR count). The molecule has 4 heteroatoms. The van der Waals surface area contributed by atoms with Crippen LogP contribution in [0.1, 0.15) is 34.1 Å². The van der Waals surface area contributed by atoms with Gasteiger partial charge in [0.1, 0.15) is 0 Å². The molecule has 0 heterocycles. The molecule has 1 atom stereocenters. The summed E-state index contributed by atoms with van der Waals surface area (Å²) in [6.07, 6.45) is 6.16. The highest BCUT2D eigenvalue weighted by Gasteiger charge is 2.30. The first-order chi connectivity index (χ1) is 7.22. The molecule has 0 aliphatic heterocycles. The van der Waals surface area contributed by atoms with Crippen LogP contribution >= 0.6 is 0 Å². The average Bonchev–Trinajstić information content (AvgIpc) is 2.12. The average molecular weight is 224 g/mol. The maximum absolute atomic E-state index is 11.8. The molecule has 0 aromatic rings. The molecule has 1 aliphatic rings. The number of nitrogens with two attached hydrogens (primary N) is 1. The van der Waals surface area contributed by atoms with E-state index in [0.717, 1.165) is 0 Å². The van der Waals surface area contributed by atoms with Crippen molar-refractivity contribution in [2.24, 2.45) is 5.73 Å². The van der Waals surface area contributed by atoms with Crippen molar-refractivity contribution in [3.63, 3.8) is 0 Å². The number of hydrogen-bond acceptors (Lipinski definition) is 3. The first-order valence-corrected chi connectivity index (χ1v) is 5.37. The molecule has 0 aromatic carbocycles. The monoisotopic (exact) mass is 224 g/mol. The molecule has 0 aromatic heterocycles. The van der Waals surface area contributed by atoms with E-state index < -0.39 is 11.1 Å². The highest BCUT2D eigenvalue weighted by atomic mass is 16.7. The van der Waals surface area contributed by atoms with E-state index in [-0.39, 0.29) is 5.91 Å². The number of rotatable bonds is 2. The van der Waals surface area contributed by atoms with E-state index in [9.17, 15) is 4.79 Å². The van der Waals surface area contributed by atoms with E-state index in [1.165, 1.54) is 0 Å². The van der Waals surface area contributed by atoms with Gasteiger partial charge < -0.3 is 5.73 Å². The van der Waals surface area contributed by atoms with Crippen LogP contribution in [0.2, 0.25) is 0 Å². The van der Waals surface area contributed by atoms with E-state index in [2.05, 4.69) is 5.48 Å². The molecule has 3 N–H and O–H groups in total. The molecule has 4 nitrogen and oxygen atoms in total. The van der Waals surface area contributed by atoms with Crippen LogP contribution in [0.5, 0.6) is 0 Å². The zero-order valence-electron chi connectivity index (χ0n) is 10.3. The maximum Gasteiger partial charge on any atom is 0.272 e. The van der Waals surface area contributed by atoms with Gasteiger partial charge in [-0.3, -0.25) is 9.63 Å². The lowest BCUT2D eigenvalue weighted by Gasteiger charge is -2.29. The molecule has 1 unspecified atom stereocenters. The summed E-state index contributed by atoms with van der Waals surface area (Å²) in [5.74, 6) is -0.274. The van der Waals surface area contributed by atoms with E-state index in [0.29, 0.717) is 12.0 Å². The summed E-state index contributed by atoms with van der Waals surface area (Å²) >= 11 is 0. The van der Waals surface area contributed by atoms with Crippen molar-refractivity contribution in [3.05, 3.63) is 23.8 Å². The van der Waals surface area contributed by atoms with Crippen molar-refractivity contribution in [3.8, 4) is 0 Å². The van der Waals surface area contributed by atoms with E-state index in [1.54, 1.807) is 6.08 Å². The molecule has 0 radical (unpaired) electrons. The van der Waals surface area contributed by atoms with E-state index in [1.807, 2.05) is 39.8 Å². The van der Waals surface area contributed by atoms with Crippen LogP contribution in [0, 0.1) is 0 Å². The third kappa shape index (κ3) is 3.47. The Morgan fingerprint density at radius 3 is 2.69 bits per heavy atom. The fraction of sp³-hybridized carbons (Fsp3) is 0.583. The van der Waals surface area contributed by atoms with Crippen LogP contribution in [0.15, 0.2) is 23.8 Å². The molecule has 0 bridgehead atoms. The van der Waals surface area contributed by atoms with Gasteiger partial charge >= 0.3 is 0 Å². The fourth-order valence-corrected chi connectivity index (χ4v) is 1.37. The topological polar surface area (TPSA) is 64.3 Å². The summed E-state index contributed by atoms with van der Waals surface area (Å²) < 4.78 is 0. The van der Waals surface area contributed by atoms with Gasteiger partial charge in [0.25, 0.3) is 5.91 Å². The molecule has 1 amide bonds. The minimum atomic E-state index is -0.625. The van der Waals surface area contributed by atoms with Gasteiger partial charge in [-0.2, -0.15) is 0 Å². The van der Waals surface area contributed by atoms with E-state index in [4.69, 9.17) is 10.6 Å². The number of hydrogen-bond donors (Lipinski definition) is 2. The minimum Gasteiger partial charge on any atom is -0.321 e. The van der Waals surface area contributed by atoms with Crippen LogP contribution in [0.4, 0.5) is 0 Å². The zero-order valence-corrected chi connectivity index (χ0v) is 10.3. The molecule has 0 saturated heterocycles. The molecule has 1 aliphatic carbocycles. The summed E-state index contributed by atoms with van der Waals surface area (Å²) in [5, 5.41) is 0. The third-order valence-corrected chi connectivity index (χ3v) is 2.25. The van der Waals surface area contributed by atoms with Crippen LogP contribution < -0.4 is 11.2 Å². The van der Waals surface area contributed by atoms with Crippen molar-refractivity contribution >= 4 is 5.91 Å². The van der Waals surface area contributed by atoms with Gasteiger partial charge in [-0.1, -0.05) is 18.2 Å². The summed E-state index contributed by atoms with van der Waals surface area (Å²) in [6.45, 7) is 7.43. The Morgan fingerprint density at radius 1 is 1.56 bits per heavy atom. The first-order valence-electron chi connectivity index (χ1n) is 5.37. The van der Waals surface area contributed by atoms with Gasteiger partial charge in [0.05, 0.1) is 5.60 Å². The summed E-state index contributed by atoms with van der Waals surface area (Å²) in [6, 6.07) is 0. The number of hydroxylamine groups is 1. The predicted octanol–water partition coefficient (Wildman–Crippen LogP) is 1.44. The number of amides is 1. The van der Waals surface area contributed by atoms with Crippen molar-refractivity contribution in [1.82, 2.24) is 5.48 Å². The molecular weight excluding hydrogens is 204 g/mol.